The van der Waals surface area contributed by atoms with E-state index in [1.807, 2.05) is 18.2 Å². The van der Waals surface area contributed by atoms with Gasteiger partial charge in [-0.1, -0.05) is 55.8 Å². The second-order valence-electron chi connectivity index (χ2n) is 6.90. The molecule has 0 radical (unpaired) electrons. The molecule has 0 bridgehead atoms. The van der Waals surface area contributed by atoms with E-state index in [9.17, 15) is 0 Å². The summed E-state index contributed by atoms with van der Waals surface area (Å²) in [6, 6.07) is 17.3. The van der Waals surface area contributed by atoms with Gasteiger partial charge in [0.25, 0.3) is 0 Å². The normalized spacial score (nSPS) is 21.7. The Bertz CT molecular complexity index is 651. The van der Waals surface area contributed by atoms with Crippen molar-refractivity contribution >= 4 is 17.3 Å². The Morgan fingerprint density at radius 1 is 1.09 bits per heavy atom. The second-order valence-corrected chi connectivity index (χ2v) is 7.34. The monoisotopic (exact) mass is 328 g/mol. The predicted molar refractivity (Wildman–Crippen MR) is 99.5 cm³/mol. The quantitative estimate of drug-likeness (QED) is 0.878. The summed E-state index contributed by atoms with van der Waals surface area (Å²) in [4.78, 5) is 2.36. The Hall–Kier alpha value is -1.51. The average molecular weight is 329 g/mol. The Balaban J connectivity index is 1.80. The van der Waals surface area contributed by atoms with E-state index in [0.717, 1.165) is 30.2 Å². The minimum Gasteiger partial charge on any atom is -0.369 e. The summed E-state index contributed by atoms with van der Waals surface area (Å²) in [6.07, 6.45) is 1.04. The van der Waals surface area contributed by atoms with E-state index in [2.05, 4.69) is 49.1 Å². The van der Waals surface area contributed by atoms with Crippen molar-refractivity contribution in [2.75, 3.05) is 18.0 Å². The smallest absolute Gasteiger partial charge is 0.0426 e. The zero-order valence-electron chi connectivity index (χ0n) is 13.9. The molecule has 1 heterocycles. The second kappa shape index (κ2) is 6.94. The Labute approximate surface area is 144 Å². The fourth-order valence-corrected chi connectivity index (χ4v) is 3.60. The van der Waals surface area contributed by atoms with E-state index in [-0.39, 0.29) is 6.04 Å². The number of anilines is 1. The van der Waals surface area contributed by atoms with Crippen molar-refractivity contribution in [3.63, 3.8) is 0 Å². The minimum atomic E-state index is 0.192. The SMILES string of the molecule is CC(C)c1ccc(C2CC(N)CN(c3cccc(Cl)c3)C2)cc1. The first-order chi connectivity index (χ1) is 11.0. The van der Waals surface area contributed by atoms with E-state index in [4.69, 9.17) is 17.3 Å². The number of nitrogens with two attached hydrogens (primary N) is 1. The molecule has 3 rings (SSSR count). The van der Waals surface area contributed by atoms with Crippen LogP contribution in [-0.4, -0.2) is 19.1 Å². The lowest BCUT2D eigenvalue weighted by molar-refractivity contribution is 0.454. The Morgan fingerprint density at radius 2 is 1.83 bits per heavy atom. The lowest BCUT2D eigenvalue weighted by atomic mass is 9.87. The van der Waals surface area contributed by atoms with Crippen LogP contribution in [0.5, 0.6) is 0 Å². The van der Waals surface area contributed by atoms with Crippen molar-refractivity contribution in [2.45, 2.75) is 38.1 Å². The zero-order chi connectivity index (χ0) is 16.4. The van der Waals surface area contributed by atoms with Gasteiger partial charge in [-0.3, -0.25) is 0 Å². The average Bonchev–Trinajstić information content (AvgIpc) is 2.54. The van der Waals surface area contributed by atoms with Crippen LogP contribution < -0.4 is 10.6 Å². The Morgan fingerprint density at radius 3 is 2.48 bits per heavy atom. The van der Waals surface area contributed by atoms with Crippen LogP contribution in [0.1, 0.15) is 43.2 Å². The molecule has 2 atom stereocenters. The number of hydrogen-bond donors (Lipinski definition) is 1. The molecule has 1 fully saturated rings. The van der Waals surface area contributed by atoms with Gasteiger partial charge >= 0.3 is 0 Å². The molecule has 0 amide bonds. The van der Waals surface area contributed by atoms with Gasteiger partial charge in [-0.2, -0.15) is 0 Å². The molecule has 3 heteroatoms. The van der Waals surface area contributed by atoms with Crippen LogP contribution in [0, 0.1) is 0 Å². The maximum atomic E-state index is 6.33. The highest BCUT2D eigenvalue weighted by Crippen LogP contribution is 2.31. The summed E-state index contributed by atoms with van der Waals surface area (Å²) in [5.74, 6) is 1.04. The first kappa shape index (κ1) is 16.4. The largest absolute Gasteiger partial charge is 0.369 e. The first-order valence-corrected chi connectivity index (χ1v) is 8.76. The van der Waals surface area contributed by atoms with Gasteiger partial charge in [0.05, 0.1) is 0 Å². The molecular formula is C20H25ClN2. The van der Waals surface area contributed by atoms with Gasteiger partial charge in [-0.25, -0.2) is 0 Å². The third kappa shape index (κ3) is 3.88. The molecule has 0 aliphatic carbocycles. The number of nitrogens with zero attached hydrogens (tertiary/aromatic N) is 1. The van der Waals surface area contributed by atoms with Crippen molar-refractivity contribution < 1.29 is 0 Å². The van der Waals surface area contributed by atoms with Crippen molar-refractivity contribution in [3.05, 3.63) is 64.7 Å². The van der Waals surface area contributed by atoms with E-state index in [1.165, 1.54) is 11.1 Å². The van der Waals surface area contributed by atoms with Gasteiger partial charge in [0, 0.05) is 35.8 Å². The molecule has 23 heavy (non-hydrogen) atoms. The maximum Gasteiger partial charge on any atom is 0.0426 e. The molecule has 2 nitrogen and oxygen atoms in total. The molecule has 122 valence electrons. The molecule has 1 saturated heterocycles. The third-order valence-corrected chi connectivity index (χ3v) is 4.97. The highest BCUT2D eigenvalue weighted by atomic mass is 35.5. The van der Waals surface area contributed by atoms with E-state index < -0.39 is 0 Å². The number of rotatable bonds is 3. The van der Waals surface area contributed by atoms with Crippen molar-refractivity contribution in [1.29, 1.82) is 0 Å². The molecule has 2 aromatic carbocycles. The summed E-state index contributed by atoms with van der Waals surface area (Å²) < 4.78 is 0. The van der Waals surface area contributed by atoms with Crippen LogP contribution in [0.4, 0.5) is 5.69 Å². The van der Waals surface area contributed by atoms with Gasteiger partial charge in [-0.15, -0.1) is 0 Å². The van der Waals surface area contributed by atoms with Gasteiger partial charge in [0.2, 0.25) is 0 Å². The summed E-state index contributed by atoms with van der Waals surface area (Å²) in [6.45, 7) is 6.34. The number of benzene rings is 2. The van der Waals surface area contributed by atoms with E-state index in [0.29, 0.717) is 11.8 Å². The molecule has 1 aliphatic heterocycles. The molecule has 0 spiro atoms. The summed E-state index contributed by atoms with van der Waals surface area (Å²) in [5, 5.41) is 0.777. The van der Waals surface area contributed by atoms with Gasteiger partial charge in [-0.05, 0) is 41.7 Å². The highest BCUT2D eigenvalue weighted by molar-refractivity contribution is 6.30. The maximum absolute atomic E-state index is 6.33. The van der Waals surface area contributed by atoms with Crippen LogP contribution in [0.15, 0.2) is 48.5 Å². The summed E-state index contributed by atoms with van der Waals surface area (Å²) in [5.41, 5.74) is 10.3. The lowest BCUT2D eigenvalue weighted by Gasteiger charge is -2.38. The minimum absolute atomic E-state index is 0.192. The van der Waals surface area contributed by atoms with E-state index in [1.54, 1.807) is 0 Å². The molecular weight excluding hydrogens is 304 g/mol. The third-order valence-electron chi connectivity index (χ3n) is 4.73. The fraction of sp³-hybridized carbons (Fsp3) is 0.400. The number of halogens is 1. The number of hydrogen-bond acceptors (Lipinski definition) is 2. The van der Waals surface area contributed by atoms with Crippen LogP contribution in [-0.2, 0) is 0 Å². The van der Waals surface area contributed by atoms with Crippen molar-refractivity contribution in [2.24, 2.45) is 5.73 Å². The number of piperidine rings is 1. The fourth-order valence-electron chi connectivity index (χ4n) is 3.42. The van der Waals surface area contributed by atoms with Gasteiger partial charge in [0.15, 0.2) is 0 Å². The van der Waals surface area contributed by atoms with Crippen LogP contribution in [0.2, 0.25) is 5.02 Å². The molecule has 2 aromatic rings. The van der Waals surface area contributed by atoms with Gasteiger partial charge in [0.1, 0.15) is 0 Å². The molecule has 0 saturated carbocycles. The summed E-state index contributed by atoms with van der Waals surface area (Å²) >= 11 is 6.14. The van der Waals surface area contributed by atoms with Crippen LogP contribution in [0.25, 0.3) is 0 Å². The topological polar surface area (TPSA) is 29.3 Å². The molecule has 2 N–H and O–H groups in total. The zero-order valence-corrected chi connectivity index (χ0v) is 14.6. The van der Waals surface area contributed by atoms with Crippen molar-refractivity contribution in [3.8, 4) is 0 Å². The van der Waals surface area contributed by atoms with Gasteiger partial charge < -0.3 is 10.6 Å². The molecule has 2 unspecified atom stereocenters. The van der Waals surface area contributed by atoms with Crippen LogP contribution in [0.3, 0.4) is 0 Å². The van der Waals surface area contributed by atoms with Crippen molar-refractivity contribution in [1.82, 2.24) is 0 Å². The lowest BCUT2D eigenvalue weighted by Crippen LogP contribution is -2.46. The predicted octanol–water partition coefficient (Wildman–Crippen LogP) is 4.78. The Kier molecular flexibility index (Phi) is 4.93. The van der Waals surface area contributed by atoms with Crippen LogP contribution >= 0.6 is 11.6 Å². The standard InChI is InChI=1S/C20H25ClN2/c1-14(2)15-6-8-16(9-7-15)17-10-19(22)13-23(12-17)20-5-3-4-18(21)11-20/h3-9,11,14,17,19H,10,12-13,22H2,1-2H3. The first-order valence-electron chi connectivity index (χ1n) is 8.39. The molecule has 0 aromatic heterocycles. The van der Waals surface area contributed by atoms with E-state index >= 15 is 0 Å². The molecule has 1 aliphatic rings. The summed E-state index contributed by atoms with van der Waals surface area (Å²) in [7, 11) is 0. The highest BCUT2D eigenvalue weighted by Gasteiger charge is 2.26.